The number of hydrogen-bond donors (Lipinski definition) is 2. The summed E-state index contributed by atoms with van der Waals surface area (Å²) < 4.78 is 5.96. The van der Waals surface area contributed by atoms with E-state index in [4.69, 9.17) is 9.73 Å². The van der Waals surface area contributed by atoms with Crippen LogP contribution in [0.3, 0.4) is 0 Å². The summed E-state index contributed by atoms with van der Waals surface area (Å²) in [7, 11) is 0. The Morgan fingerprint density at radius 1 is 1.17 bits per heavy atom. The maximum absolute atomic E-state index is 9.65. The van der Waals surface area contributed by atoms with Crippen molar-refractivity contribution in [2.75, 3.05) is 32.8 Å². The van der Waals surface area contributed by atoms with Gasteiger partial charge in [-0.15, -0.1) is 0 Å². The van der Waals surface area contributed by atoms with Gasteiger partial charge >= 0.3 is 0 Å². The average Bonchev–Trinajstić information content (AvgIpc) is 3.00. The molecule has 5 heteroatoms. The molecule has 0 spiro atoms. The van der Waals surface area contributed by atoms with Crippen LogP contribution in [0.5, 0.6) is 0 Å². The van der Waals surface area contributed by atoms with E-state index >= 15 is 0 Å². The number of unbranched alkanes of at least 4 members (excludes halogenated alkanes) is 2. The zero-order chi connectivity index (χ0) is 16.3. The van der Waals surface area contributed by atoms with Gasteiger partial charge in [-0.1, -0.05) is 19.3 Å². The van der Waals surface area contributed by atoms with E-state index in [1.807, 2.05) is 0 Å². The van der Waals surface area contributed by atoms with Crippen LogP contribution in [0, 0.1) is 0 Å². The van der Waals surface area contributed by atoms with Crippen LogP contribution in [-0.4, -0.2) is 61.0 Å². The van der Waals surface area contributed by atoms with E-state index in [1.54, 1.807) is 0 Å². The van der Waals surface area contributed by atoms with Crippen LogP contribution in [0.25, 0.3) is 0 Å². The molecule has 1 saturated heterocycles. The molecule has 0 aromatic heterocycles. The Labute approximate surface area is 141 Å². The van der Waals surface area contributed by atoms with E-state index in [0.29, 0.717) is 12.6 Å². The third-order valence-electron chi connectivity index (χ3n) is 4.77. The predicted octanol–water partition coefficient (Wildman–Crippen LogP) is 2.54. The Balaban J connectivity index is 1.54. The molecule has 0 unspecified atom stereocenters. The molecular formula is C18H35N3O2. The summed E-state index contributed by atoms with van der Waals surface area (Å²) in [6.45, 7) is 6.35. The van der Waals surface area contributed by atoms with Crippen molar-refractivity contribution < 1.29 is 9.84 Å². The van der Waals surface area contributed by atoms with Gasteiger partial charge in [0.05, 0.1) is 12.2 Å². The highest BCUT2D eigenvalue weighted by atomic mass is 16.5. The van der Waals surface area contributed by atoms with Gasteiger partial charge in [-0.25, -0.2) is 0 Å². The number of hydrogen-bond acceptors (Lipinski definition) is 3. The van der Waals surface area contributed by atoms with Crippen molar-refractivity contribution in [3.8, 4) is 0 Å². The highest BCUT2D eigenvalue weighted by Gasteiger charge is 2.22. The fourth-order valence-corrected chi connectivity index (χ4v) is 3.42. The predicted molar refractivity (Wildman–Crippen MR) is 94.9 cm³/mol. The van der Waals surface area contributed by atoms with Crippen molar-refractivity contribution in [2.24, 2.45) is 4.99 Å². The minimum atomic E-state index is -0.198. The van der Waals surface area contributed by atoms with E-state index in [2.05, 4.69) is 17.1 Å². The molecule has 0 aromatic carbocycles. The maximum Gasteiger partial charge on any atom is 0.194 e. The van der Waals surface area contributed by atoms with Gasteiger partial charge in [-0.3, -0.25) is 4.99 Å². The van der Waals surface area contributed by atoms with Gasteiger partial charge in [0.1, 0.15) is 0 Å². The number of β-amino-alcohol motifs (C(OH)–C–C–N with tert-alkyl or cyclic N) is 1. The van der Waals surface area contributed by atoms with Gasteiger partial charge in [0.15, 0.2) is 5.96 Å². The first-order chi connectivity index (χ1) is 11.3. The highest BCUT2D eigenvalue weighted by Crippen LogP contribution is 2.20. The van der Waals surface area contributed by atoms with Crippen LogP contribution in [-0.2, 0) is 4.74 Å². The van der Waals surface area contributed by atoms with Gasteiger partial charge < -0.3 is 20.1 Å². The summed E-state index contributed by atoms with van der Waals surface area (Å²) in [5.41, 5.74) is 0. The number of aliphatic imine (C=N–C) groups is 1. The number of rotatable bonds is 8. The molecule has 134 valence electrons. The van der Waals surface area contributed by atoms with Crippen LogP contribution < -0.4 is 5.32 Å². The maximum atomic E-state index is 9.65. The smallest absolute Gasteiger partial charge is 0.194 e. The quantitative estimate of drug-likeness (QED) is 0.409. The number of ether oxygens (including phenoxy) is 1. The van der Waals surface area contributed by atoms with Crippen LogP contribution in [0.2, 0.25) is 0 Å². The lowest BCUT2D eigenvalue weighted by molar-refractivity contribution is 0.0264. The van der Waals surface area contributed by atoms with Gasteiger partial charge in [0.2, 0.25) is 0 Å². The topological polar surface area (TPSA) is 57.1 Å². The number of nitrogens with one attached hydrogen (secondary N) is 1. The molecule has 23 heavy (non-hydrogen) atoms. The largest absolute Gasteiger partial charge is 0.391 e. The van der Waals surface area contributed by atoms with E-state index in [1.165, 1.54) is 38.5 Å². The molecule has 2 N–H and O–H groups in total. The lowest BCUT2D eigenvalue weighted by Crippen LogP contribution is -2.40. The summed E-state index contributed by atoms with van der Waals surface area (Å²) in [6, 6.07) is 0. The Morgan fingerprint density at radius 3 is 2.70 bits per heavy atom. The van der Waals surface area contributed by atoms with Gasteiger partial charge in [0, 0.05) is 32.8 Å². The first-order valence-corrected chi connectivity index (χ1v) is 9.62. The normalized spacial score (nSPS) is 23.5. The fraction of sp³-hybridized carbons (Fsp3) is 0.944. The second kappa shape index (κ2) is 10.9. The first-order valence-electron chi connectivity index (χ1n) is 9.62. The molecule has 0 amide bonds. The summed E-state index contributed by atoms with van der Waals surface area (Å²) in [4.78, 5) is 6.86. The first kappa shape index (κ1) is 18.5. The van der Waals surface area contributed by atoms with E-state index in [-0.39, 0.29) is 6.10 Å². The van der Waals surface area contributed by atoms with Crippen molar-refractivity contribution >= 4 is 5.96 Å². The molecule has 1 heterocycles. The number of aliphatic hydroxyl groups is 1. The summed E-state index contributed by atoms with van der Waals surface area (Å²) in [5.74, 6) is 0.961. The van der Waals surface area contributed by atoms with E-state index in [0.717, 1.165) is 51.5 Å². The average molecular weight is 325 g/mol. The molecule has 1 aliphatic carbocycles. The van der Waals surface area contributed by atoms with Crippen LogP contribution in [0.15, 0.2) is 4.99 Å². The molecule has 2 rings (SSSR count). The van der Waals surface area contributed by atoms with Crippen molar-refractivity contribution in [3.63, 3.8) is 0 Å². The van der Waals surface area contributed by atoms with E-state index < -0.39 is 0 Å². The van der Waals surface area contributed by atoms with Crippen molar-refractivity contribution in [1.82, 2.24) is 10.2 Å². The third kappa shape index (κ3) is 7.08. The zero-order valence-corrected chi connectivity index (χ0v) is 14.8. The molecule has 1 atom stereocenters. The number of nitrogens with zero attached hydrogens (tertiary/aromatic N) is 2. The Hall–Kier alpha value is -0.810. The van der Waals surface area contributed by atoms with Crippen molar-refractivity contribution in [2.45, 2.75) is 76.9 Å². The molecule has 1 saturated carbocycles. The fourth-order valence-electron chi connectivity index (χ4n) is 3.42. The van der Waals surface area contributed by atoms with Gasteiger partial charge in [0.25, 0.3) is 0 Å². The number of likely N-dealkylation sites (tertiary alicyclic amines) is 1. The molecular weight excluding hydrogens is 290 g/mol. The minimum Gasteiger partial charge on any atom is -0.391 e. The second-order valence-electron chi connectivity index (χ2n) is 6.82. The summed E-state index contributed by atoms with van der Waals surface area (Å²) in [5, 5.41) is 13.0. The molecule has 1 aliphatic heterocycles. The lowest BCUT2D eigenvalue weighted by atomic mass is 9.98. The molecule has 2 fully saturated rings. The summed E-state index contributed by atoms with van der Waals surface area (Å²) >= 11 is 0. The summed E-state index contributed by atoms with van der Waals surface area (Å²) in [6.07, 6.45) is 11.2. The third-order valence-corrected chi connectivity index (χ3v) is 4.77. The Bertz CT molecular complexity index is 343. The highest BCUT2D eigenvalue weighted by molar-refractivity contribution is 5.80. The van der Waals surface area contributed by atoms with Crippen molar-refractivity contribution in [1.29, 1.82) is 0 Å². The number of guanidine groups is 1. The van der Waals surface area contributed by atoms with Crippen LogP contribution in [0.4, 0.5) is 0 Å². The SMILES string of the molecule is CCNC(=NCCCCCOC1CCCCC1)N1CC[C@@H](O)C1. The van der Waals surface area contributed by atoms with Crippen molar-refractivity contribution in [3.05, 3.63) is 0 Å². The zero-order valence-electron chi connectivity index (χ0n) is 14.8. The molecule has 2 aliphatic rings. The Kier molecular flexibility index (Phi) is 8.76. The standard InChI is InChI=1S/C18H35N3O2/c1-2-19-18(21-13-11-16(22)15-21)20-12-7-4-8-14-23-17-9-5-3-6-10-17/h16-17,22H,2-15H2,1H3,(H,19,20)/t16-/m1/s1. The Morgan fingerprint density at radius 2 is 2.00 bits per heavy atom. The second-order valence-corrected chi connectivity index (χ2v) is 6.82. The lowest BCUT2D eigenvalue weighted by Gasteiger charge is -2.22. The minimum absolute atomic E-state index is 0.198. The monoisotopic (exact) mass is 325 g/mol. The molecule has 0 radical (unpaired) electrons. The molecule has 0 aromatic rings. The van der Waals surface area contributed by atoms with Gasteiger partial charge in [-0.2, -0.15) is 0 Å². The molecule has 5 nitrogen and oxygen atoms in total. The van der Waals surface area contributed by atoms with Gasteiger partial charge in [-0.05, 0) is 45.4 Å². The van der Waals surface area contributed by atoms with E-state index in [9.17, 15) is 5.11 Å². The van der Waals surface area contributed by atoms with Crippen LogP contribution >= 0.6 is 0 Å². The number of aliphatic hydroxyl groups excluding tert-OH is 1. The molecule has 0 bridgehead atoms. The van der Waals surface area contributed by atoms with Crippen LogP contribution in [0.1, 0.15) is 64.7 Å².